The standard InChI is InChI=1S/C21H22N4O3/c1-3-27-18(28-4-2)12-22-21(26)13-9-10-16-17(11-13)23-19-14-7-5-6-8-15(14)24-20(19)25-16/h5-11,18H,3-4,12H2,1-2H3,(H,22,26)(H,24,25). The van der Waals surface area contributed by atoms with Gasteiger partial charge in [-0.25, -0.2) is 9.97 Å². The van der Waals surface area contributed by atoms with Crippen LogP contribution in [0.1, 0.15) is 24.2 Å². The van der Waals surface area contributed by atoms with E-state index in [1.165, 1.54) is 0 Å². The van der Waals surface area contributed by atoms with Gasteiger partial charge < -0.3 is 19.8 Å². The SMILES string of the molecule is CCOC(CNC(=O)c1ccc2nc3[nH]c4ccccc4c3nc2c1)OCC. The fourth-order valence-corrected chi connectivity index (χ4v) is 3.21. The second kappa shape index (κ2) is 7.92. The topological polar surface area (TPSA) is 89.1 Å². The molecule has 28 heavy (non-hydrogen) atoms. The monoisotopic (exact) mass is 378 g/mol. The predicted octanol–water partition coefficient (Wildman–Crippen LogP) is 3.39. The van der Waals surface area contributed by atoms with Crippen LogP contribution in [0.4, 0.5) is 0 Å². The summed E-state index contributed by atoms with van der Waals surface area (Å²) in [5.41, 5.74) is 4.46. The molecule has 0 aliphatic carbocycles. The normalized spacial score (nSPS) is 11.7. The Kier molecular flexibility index (Phi) is 5.18. The van der Waals surface area contributed by atoms with Crippen LogP contribution in [0.15, 0.2) is 42.5 Å². The molecular formula is C21H22N4O3. The van der Waals surface area contributed by atoms with E-state index in [2.05, 4.69) is 15.3 Å². The second-order valence-corrected chi connectivity index (χ2v) is 6.35. The molecular weight excluding hydrogens is 356 g/mol. The van der Waals surface area contributed by atoms with Crippen LogP contribution < -0.4 is 5.32 Å². The first-order chi connectivity index (χ1) is 13.7. The van der Waals surface area contributed by atoms with E-state index in [1.807, 2.05) is 44.2 Å². The highest BCUT2D eigenvalue weighted by Gasteiger charge is 2.14. The smallest absolute Gasteiger partial charge is 0.251 e. The summed E-state index contributed by atoms with van der Waals surface area (Å²) in [4.78, 5) is 25.2. The van der Waals surface area contributed by atoms with Crippen LogP contribution in [0.5, 0.6) is 0 Å². The lowest BCUT2D eigenvalue weighted by Crippen LogP contribution is -2.35. The molecule has 4 rings (SSSR count). The molecule has 144 valence electrons. The summed E-state index contributed by atoms with van der Waals surface area (Å²) < 4.78 is 10.9. The number of nitrogens with zero attached hydrogens (tertiary/aromatic N) is 2. The van der Waals surface area contributed by atoms with Gasteiger partial charge in [0.2, 0.25) is 0 Å². The molecule has 1 amide bonds. The van der Waals surface area contributed by atoms with Crippen LogP contribution in [-0.2, 0) is 9.47 Å². The molecule has 7 heteroatoms. The number of benzene rings is 2. The van der Waals surface area contributed by atoms with Crippen molar-refractivity contribution >= 4 is 39.0 Å². The maximum absolute atomic E-state index is 12.6. The fraction of sp³-hybridized carbons (Fsp3) is 0.286. The van der Waals surface area contributed by atoms with Gasteiger partial charge in [0.25, 0.3) is 5.91 Å². The van der Waals surface area contributed by atoms with Gasteiger partial charge in [-0.3, -0.25) is 4.79 Å². The molecule has 0 aliphatic heterocycles. The van der Waals surface area contributed by atoms with Crippen LogP contribution in [0.2, 0.25) is 0 Å². The zero-order valence-corrected chi connectivity index (χ0v) is 15.9. The van der Waals surface area contributed by atoms with Crippen molar-refractivity contribution in [1.29, 1.82) is 0 Å². The number of amides is 1. The quantitative estimate of drug-likeness (QED) is 0.481. The average Bonchev–Trinajstić information content (AvgIpc) is 3.07. The van der Waals surface area contributed by atoms with Crippen LogP contribution in [0.3, 0.4) is 0 Å². The summed E-state index contributed by atoms with van der Waals surface area (Å²) in [5, 5.41) is 3.86. The van der Waals surface area contributed by atoms with Gasteiger partial charge in [-0.2, -0.15) is 0 Å². The van der Waals surface area contributed by atoms with Gasteiger partial charge in [-0.1, -0.05) is 18.2 Å². The maximum atomic E-state index is 12.6. The molecule has 2 aromatic carbocycles. The number of hydrogen-bond donors (Lipinski definition) is 2. The molecule has 2 aromatic heterocycles. The van der Waals surface area contributed by atoms with E-state index in [1.54, 1.807) is 12.1 Å². The van der Waals surface area contributed by atoms with Gasteiger partial charge in [-0.05, 0) is 38.1 Å². The van der Waals surface area contributed by atoms with E-state index < -0.39 is 6.29 Å². The van der Waals surface area contributed by atoms with Gasteiger partial charge in [0.15, 0.2) is 11.9 Å². The molecule has 0 bridgehead atoms. The number of para-hydroxylation sites is 1. The van der Waals surface area contributed by atoms with E-state index in [9.17, 15) is 4.79 Å². The Morgan fingerprint density at radius 2 is 1.86 bits per heavy atom. The molecule has 4 aromatic rings. The van der Waals surface area contributed by atoms with E-state index in [-0.39, 0.29) is 12.5 Å². The zero-order valence-electron chi connectivity index (χ0n) is 15.9. The number of aromatic nitrogens is 3. The minimum absolute atomic E-state index is 0.202. The zero-order chi connectivity index (χ0) is 19.5. The lowest BCUT2D eigenvalue weighted by molar-refractivity contribution is -0.131. The first kappa shape index (κ1) is 18.3. The highest BCUT2D eigenvalue weighted by atomic mass is 16.7. The highest BCUT2D eigenvalue weighted by Crippen LogP contribution is 2.24. The number of aromatic amines is 1. The maximum Gasteiger partial charge on any atom is 0.251 e. The molecule has 0 atom stereocenters. The van der Waals surface area contributed by atoms with E-state index in [4.69, 9.17) is 14.5 Å². The Bertz CT molecular complexity index is 1130. The van der Waals surface area contributed by atoms with Gasteiger partial charge in [0.05, 0.1) is 17.6 Å². The lowest BCUT2D eigenvalue weighted by Gasteiger charge is -2.17. The van der Waals surface area contributed by atoms with Gasteiger partial charge in [-0.15, -0.1) is 0 Å². The molecule has 0 radical (unpaired) electrons. The minimum atomic E-state index is -0.454. The number of H-pyrrole nitrogens is 1. The van der Waals surface area contributed by atoms with Crippen molar-refractivity contribution < 1.29 is 14.3 Å². The number of carbonyl (C=O) groups is 1. The summed E-state index contributed by atoms with van der Waals surface area (Å²) in [5.74, 6) is -0.202. The summed E-state index contributed by atoms with van der Waals surface area (Å²) in [6.45, 7) is 5.10. The van der Waals surface area contributed by atoms with E-state index in [0.717, 1.165) is 27.6 Å². The number of hydrogen-bond acceptors (Lipinski definition) is 5. The second-order valence-electron chi connectivity index (χ2n) is 6.35. The van der Waals surface area contributed by atoms with Gasteiger partial charge in [0.1, 0.15) is 5.52 Å². The molecule has 0 saturated heterocycles. The Morgan fingerprint density at radius 1 is 1.07 bits per heavy atom. The molecule has 0 fully saturated rings. The largest absolute Gasteiger partial charge is 0.351 e. The van der Waals surface area contributed by atoms with Crippen LogP contribution in [0.25, 0.3) is 33.1 Å². The fourth-order valence-electron chi connectivity index (χ4n) is 3.21. The summed E-state index contributed by atoms with van der Waals surface area (Å²) in [6, 6.07) is 13.3. The highest BCUT2D eigenvalue weighted by molar-refractivity contribution is 6.06. The van der Waals surface area contributed by atoms with Crippen molar-refractivity contribution in [2.45, 2.75) is 20.1 Å². The van der Waals surface area contributed by atoms with Gasteiger partial charge >= 0.3 is 0 Å². The third-order valence-electron chi connectivity index (χ3n) is 4.50. The van der Waals surface area contributed by atoms with Crippen LogP contribution >= 0.6 is 0 Å². The summed E-state index contributed by atoms with van der Waals surface area (Å²) in [6.07, 6.45) is -0.454. The number of carbonyl (C=O) groups excluding carboxylic acids is 1. The van der Waals surface area contributed by atoms with Crippen molar-refractivity contribution in [2.24, 2.45) is 0 Å². The predicted molar refractivity (Wildman–Crippen MR) is 108 cm³/mol. The Labute approximate surface area is 162 Å². The number of ether oxygens (including phenoxy) is 2. The van der Waals surface area contributed by atoms with Crippen molar-refractivity contribution in [3.8, 4) is 0 Å². The van der Waals surface area contributed by atoms with Gasteiger partial charge in [0, 0.05) is 29.7 Å². The first-order valence-electron chi connectivity index (χ1n) is 9.39. The summed E-state index contributed by atoms with van der Waals surface area (Å²) >= 11 is 0. The average molecular weight is 378 g/mol. The Morgan fingerprint density at radius 3 is 2.64 bits per heavy atom. The molecule has 7 nitrogen and oxygen atoms in total. The van der Waals surface area contributed by atoms with Crippen molar-refractivity contribution in [3.63, 3.8) is 0 Å². The molecule has 0 saturated carbocycles. The summed E-state index contributed by atoms with van der Waals surface area (Å²) in [7, 11) is 0. The Balaban J connectivity index is 1.62. The molecule has 2 heterocycles. The first-order valence-corrected chi connectivity index (χ1v) is 9.39. The number of rotatable bonds is 7. The minimum Gasteiger partial charge on any atom is -0.351 e. The molecule has 2 N–H and O–H groups in total. The molecule has 0 aliphatic rings. The van der Waals surface area contributed by atoms with Crippen LogP contribution in [-0.4, -0.2) is 46.9 Å². The third-order valence-corrected chi connectivity index (χ3v) is 4.50. The third kappa shape index (κ3) is 3.54. The molecule has 0 spiro atoms. The van der Waals surface area contributed by atoms with E-state index >= 15 is 0 Å². The van der Waals surface area contributed by atoms with Crippen molar-refractivity contribution in [3.05, 3.63) is 48.0 Å². The Hall–Kier alpha value is -3.03. The van der Waals surface area contributed by atoms with Crippen LogP contribution in [0, 0.1) is 0 Å². The number of fused-ring (bicyclic) bond motifs is 4. The van der Waals surface area contributed by atoms with E-state index in [0.29, 0.717) is 24.3 Å². The van der Waals surface area contributed by atoms with Crippen molar-refractivity contribution in [2.75, 3.05) is 19.8 Å². The lowest BCUT2D eigenvalue weighted by atomic mass is 10.1. The molecule has 0 unspecified atom stereocenters. The number of nitrogens with one attached hydrogen (secondary N) is 2. The van der Waals surface area contributed by atoms with Crippen molar-refractivity contribution in [1.82, 2.24) is 20.3 Å².